The van der Waals surface area contributed by atoms with Crippen molar-refractivity contribution in [3.63, 3.8) is 0 Å². The first-order chi connectivity index (χ1) is 13.5. The molecule has 1 aliphatic rings. The number of carbonyl (C=O) groups excluding carboxylic acids is 1. The molecule has 1 fully saturated rings. The molecule has 0 saturated carbocycles. The van der Waals surface area contributed by atoms with Crippen LogP contribution in [0.2, 0.25) is 0 Å². The quantitative estimate of drug-likeness (QED) is 0.745. The molecular formula is C22H28FN3O2. The lowest BCUT2D eigenvalue weighted by Gasteiger charge is -2.38. The van der Waals surface area contributed by atoms with E-state index in [-0.39, 0.29) is 17.8 Å². The van der Waals surface area contributed by atoms with Crippen molar-refractivity contribution in [2.45, 2.75) is 19.9 Å². The van der Waals surface area contributed by atoms with Crippen LogP contribution < -0.4 is 15.0 Å². The molecule has 2 aromatic rings. The van der Waals surface area contributed by atoms with Gasteiger partial charge in [-0.15, -0.1) is 0 Å². The van der Waals surface area contributed by atoms with Crippen molar-refractivity contribution in [2.24, 2.45) is 0 Å². The minimum absolute atomic E-state index is 0.0167. The Bertz CT molecular complexity index is 774. The van der Waals surface area contributed by atoms with Crippen LogP contribution in [0, 0.1) is 12.7 Å². The molecule has 1 heterocycles. The van der Waals surface area contributed by atoms with E-state index < -0.39 is 0 Å². The Labute approximate surface area is 166 Å². The Morgan fingerprint density at radius 2 is 1.86 bits per heavy atom. The number of amides is 1. The van der Waals surface area contributed by atoms with Gasteiger partial charge in [-0.1, -0.05) is 12.1 Å². The highest BCUT2D eigenvalue weighted by atomic mass is 19.1. The number of nitrogens with zero attached hydrogens (tertiary/aromatic N) is 2. The number of aryl methyl sites for hydroxylation is 1. The van der Waals surface area contributed by atoms with Gasteiger partial charge in [0.25, 0.3) is 0 Å². The van der Waals surface area contributed by atoms with Crippen LogP contribution in [0.1, 0.15) is 12.5 Å². The monoisotopic (exact) mass is 385 g/mol. The Kier molecular flexibility index (Phi) is 6.87. The van der Waals surface area contributed by atoms with Crippen LogP contribution in [0.5, 0.6) is 5.75 Å². The summed E-state index contributed by atoms with van der Waals surface area (Å²) in [6, 6.07) is 14.2. The minimum atomic E-state index is -0.223. The second kappa shape index (κ2) is 9.55. The normalized spacial score (nSPS) is 15.9. The first kappa shape index (κ1) is 20.1. The topological polar surface area (TPSA) is 44.8 Å². The number of benzene rings is 2. The van der Waals surface area contributed by atoms with Crippen molar-refractivity contribution in [3.05, 3.63) is 59.9 Å². The molecule has 3 rings (SSSR count). The van der Waals surface area contributed by atoms with Crippen molar-refractivity contribution in [2.75, 3.05) is 44.2 Å². The molecule has 1 unspecified atom stereocenters. The second-order valence-electron chi connectivity index (χ2n) is 7.13. The highest BCUT2D eigenvalue weighted by Gasteiger charge is 2.25. The fourth-order valence-corrected chi connectivity index (χ4v) is 3.38. The number of piperazine rings is 1. The number of ether oxygens (including phenoxy) is 1. The predicted octanol–water partition coefficient (Wildman–Crippen LogP) is 2.84. The predicted molar refractivity (Wildman–Crippen MR) is 109 cm³/mol. The van der Waals surface area contributed by atoms with Gasteiger partial charge in [0.2, 0.25) is 5.91 Å². The van der Waals surface area contributed by atoms with E-state index in [1.165, 1.54) is 12.1 Å². The molecule has 28 heavy (non-hydrogen) atoms. The highest BCUT2D eigenvalue weighted by molar-refractivity contribution is 5.81. The van der Waals surface area contributed by atoms with Gasteiger partial charge in [0.05, 0.1) is 12.6 Å². The number of halogens is 1. The molecular weight excluding hydrogens is 357 g/mol. The zero-order chi connectivity index (χ0) is 19.9. The van der Waals surface area contributed by atoms with Crippen molar-refractivity contribution in [1.82, 2.24) is 10.2 Å². The summed E-state index contributed by atoms with van der Waals surface area (Å²) >= 11 is 0. The van der Waals surface area contributed by atoms with E-state index in [1.54, 1.807) is 12.1 Å². The van der Waals surface area contributed by atoms with Crippen LogP contribution in [0.25, 0.3) is 0 Å². The lowest BCUT2D eigenvalue weighted by atomic mass is 10.2. The van der Waals surface area contributed by atoms with Gasteiger partial charge in [-0.3, -0.25) is 9.69 Å². The third-order valence-electron chi connectivity index (χ3n) is 5.09. The molecule has 2 aromatic carbocycles. The summed E-state index contributed by atoms with van der Waals surface area (Å²) < 4.78 is 18.7. The number of rotatable bonds is 7. The average Bonchev–Trinajstić information content (AvgIpc) is 2.71. The number of anilines is 1. The molecule has 1 atom stereocenters. The van der Waals surface area contributed by atoms with Crippen LogP contribution in [0.15, 0.2) is 48.5 Å². The molecule has 0 aromatic heterocycles. The molecule has 6 heteroatoms. The summed E-state index contributed by atoms with van der Waals surface area (Å²) in [6.45, 7) is 8.11. The van der Waals surface area contributed by atoms with E-state index in [0.29, 0.717) is 13.2 Å². The Balaban J connectivity index is 1.38. The third kappa shape index (κ3) is 5.45. The SMILES string of the molecule is Cc1cccc(OCCNC(=O)C(C)N2CCN(c3ccc(F)cc3)CC2)c1. The van der Waals surface area contributed by atoms with Crippen molar-refractivity contribution < 1.29 is 13.9 Å². The molecule has 0 bridgehead atoms. The first-order valence-corrected chi connectivity index (χ1v) is 9.74. The molecule has 0 spiro atoms. The van der Waals surface area contributed by atoms with E-state index in [1.807, 2.05) is 38.1 Å². The van der Waals surface area contributed by atoms with Crippen LogP contribution in [-0.4, -0.2) is 56.2 Å². The van der Waals surface area contributed by atoms with Gasteiger partial charge >= 0.3 is 0 Å². The number of hydrogen-bond donors (Lipinski definition) is 1. The third-order valence-corrected chi connectivity index (χ3v) is 5.09. The van der Waals surface area contributed by atoms with Crippen LogP contribution in [0.4, 0.5) is 10.1 Å². The number of carbonyl (C=O) groups is 1. The maximum absolute atomic E-state index is 13.1. The van der Waals surface area contributed by atoms with Gasteiger partial charge < -0.3 is 15.0 Å². The summed E-state index contributed by atoms with van der Waals surface area (Å²) in [5.41, 5.74) is 2.17. The molecule has 1 N–H and O–H groups in total. The summed E-state index contributed by atoms with van der Waals surface area (Å²) in [7, 11) is 0. The largest absolute Gasteiger partial charge is 0.492 e. The molecule has 1 saturated heterocycles. The molecule has 0 radical (unpaired) electrons. The summed E-state index contributed by atoms with van der Waals surface area (Å²) in [6.07, 6.45) is 0. The van der Waals surface area contributed by atoms with Gasteiger partial charge in [-0.25, -0.2) is 4.39 Å². The van der Waals surface area contributed by atoms with Gasteiger partial charge in [-0.2, -0.15) is 0 Å². The van der Waals surface area contributed by atoms with Crippen LogP contribution in [0.3, 0.4) is 0 Å². The van der Waals surface area contributed by atoms with Gasteiger partial charge in [0, 0.05) is 31.9 Å². The van der Waals surface area contributed by atoms with Crippen molar-refractivity contribution in [3.8, 4) is 5.75 Å². The van der Waals surface area contributed by atoms with Crippen molar-refractivity contribution >= 4 is 11.6 Å². The molecule has 150 valence electrons. The van der Waals surface area contributed by atoms with E-state index in [9.17, 15) is 9.18 Å². The molecule has 1 amide bonds. The lowest BCUT2D eigenvalue weighted by molar-refractivity contribution is -0.126. The molecule has 1 aliphatic heterocycles. The standard InChI is InChI=1S/C22H28FN3O2/c1-17-4-3-5-21(16-17)28-15-10-24-22(27)18(2)25-11-13-26(14-12-25)20-8-6-19(23)7-9-20/h3-9,16,18H,10-15H2,1-2H3,(H,24,27). The fourth-order valence-electron chi connectivity index (χ4n) is 3.38. The van der Waals surface area contributed by atoms with E-state index in [4.69, 9.17) is 4.74 Å². The average molecular weight is 385 g/mol. The zero-order valence-electron chi connectivity index (χ0n) is 16.5. The summed E-state index contributed by atoms with van der Waals surface area (Å²) in [5.74, 6) is 0.612. The van der Waals surface area contributed by atoms with E-state index >= 15 is 0 Å². The van der Waals surface area contributed by atoms with Gasteiger partial charge in [0.1, 0.15) is 18.2 Å². The minimum Gasteiger partial charge on any atom is -0.492 e. The Morgan fingerprint density at radius 3 is 2.54 bits per heavy atom. The Hall–Kier alpha value is -2.60. The summed E-state index contributed by atoms with van der Waals surface area (Å²) in [4.78, 5) is 16.8. The first-order valence-electron chi connectivity index (χ1n) is 9.74. The Morgan fingerprint density at radius 1 is 1.14 bits per heavy atom. The van der Waals surface area contributed by atoms with Gasteiger partial charge in [0.15, 0.2) is 0 Å². The number of hydrogen-bond acceptors (Lipinski definition) is 4. The highest BCUT2D eigenvalue weighted by Crippen LogP contribution is 2.18. The van der Waals surface area contributed by atoms with Gasteiger partial charge in [-0.05, 0) is 55.8 Å². The lowest BCUT2D eigenvalue weighted by Crippen LogP contribution is -2.54. The van der Waals surface area contributed by atoms with Crippen molar-refractivity contribution in [1.29, 1.82) is 0 Å². The zero-order valence-corrected chi connectivity index (χ0v) is 16.5. The van der Waals surface area contributed by atoms with E-state index in [0.717, 1.165) is 43.2 Å². The maximum atomic E-state index is 13.1. The van der Waals surface area contributed by atoms with E-state index in [2.05, 4.69) is 15.1 Å². The molecule has 0 aliphatic carbocycles. The maximum Gasteiger partial charge on any atom is 0.237 e. The fraction of sp³-hybridized carbons (Fsp3) is 0.409. The smallest absolute Gasteiger partial charge is 0.237 e. The van der Waals surface area contributed by atoms with Crippen LogP contribution >= 0.6 is 0 Å². The second-order valence-corrected chi connectivity index (χ2v) is 7.13. The van der Waals surface area contributed by atoms with Crippen LogP contribution in [-0.2, 0) is 4.79 Å². The summed E-state index contributed by atoms with van der Waals surface area (Å²) in [5, 5.41) is 2.95. The molecule has 5 nitrogen and oxygen atoms in total. The number of nitrogens with one attached hydrogen (secondary N) is 1.